The molecule has 1 aliphatic rings. The van der Waals surface area contributed by atoms with Crippen molar-refractivity contribution in [3.63, 3.8) is 0 Å². The molecule has 15 heavy (non-hydrogen) atoms. The summed E-state index contributed by atoms with van der Waals surface area (Å²) in [6, 6.07) is 1.86. The number of nitrogen functional groups attached to an aromatic ring is 1. The molecule has 1 saturated heterocycles. The molecule has 2 N–H and O–H groups in total. The van der Waals surface area contributed by atoms with Crippen LogP contribution in [-0.4, -0.2) is 23.1 Å². The van der Waals surface area contributed by atoms with Gasteiger partial charge >= 0.3 is 0 Å². The van der Waals surface area contributed by atoms with Crippen LogP contribution < -0.4 is 10.6 Å². The molecule has 0 spiro atoms. The number of aryl methyl sites for hydroxylation is 1. The van der Waals surface area contributed by atoms with Gasteiger partial charge in [-0.15, -0.1) is 0 Å². The molecule has 2 rings (SSSR count). The van der Waals surface area contributed by atoms with Crippen molar-refractivity contribution in [2.24, 2.45) is 5.92 Å². The molecule has 1 aliphatic heterocycles. The summed E-state index contributed by atoms with van der Waals surface area (Å²) in [6.07, 6.45) is 2.48. The van der Waals surface area contributed by atoms with Crippen molar-refractivity contribution in [3.05, 3.63) is 11.9 Å². The summed E-state index contributed by atoms with van der Waals surface area (Å²) in [5.74, 6) is 3.13. The van der Waals surface area contributed by atoms with E-state index in [0.717, 1.165) is 30.6 Å². The Morgan fingerprint density at radius 1 is 1.33 bits per heavy atom. The van der Waals surface area contributed by atoms with Crippen LogP contribution in [0.3, 0.4) is 0 Å². The lowest BCUT2D eigenvalue weighted by atomic mass is 9.99. The fraction of sp³-hybridized carbons (Fsp3) is 0.636. The van der Waals surface area contributed by atoms with Gasteiger partial charge < -0.3 is 10.6 Å². The Bertz CT molecular complexity index is 322. The smallest absolute Gasteiger partial charge is 0.134 e. The van der Waals surface area contributed by atoms with Gasteiger partial charge in [-0.05, 0) is 25.7 Å². The predicted octanol–water partition coefficient (Wildman–Crippen LogP) is 1.60. The van der Waals surface area contributed by atoms with Gasteiger partial charge in [-0.25, -0.2) is 9.97 Å². The van der Waals surface area contributed by atoms with Crippen molar-refractivity contribution in [1.82, 2.24) is 9.97 Å². The molecular formula is C11H18N4. The highest BCUT2D eigenvalue weighted by molar-refractivity contribution is 5.47. The van der Waals surface area contributed by atoms with E-state index in [0.29, 0.717) is 5.82 Å². The molecule has 82 valence electrons. The first-order chi connectivity index (χ1) is 7.15. The molecule has 1 aromatic heterocycles. The molecule has 0 amide bonds. The Morgan fingerprint density at radius 2 is 2.00 bits per heavy atom. The molecule has 0 unspecified atom stereocenters. The molecule has 0 saturated carbocycles. The van der Waals surface area contributed by atoms with E-state index in [-0.39, 0.29) is 0 Å². The largest absolute Gasteiger partial charge is 0.384 e. The van der Waals surface area contributed by atoms with Crippen molar-refractivity contribution in [1.29, 1.82) is 0 Å². The first-order valence-corrected chi connectivity index (χ1v) is 5.51. The van der Waals surface area contributed by atoms with E-state index in [2.05, 4.69) is 21.8 Å². The summed E-state index contributed by atoms with van der Waals surface area (Å²) in [5, 5.41) is 0. The first kappa shape index (κ1) is 10.2. The maximum Gasteiger partial charge on any atom is 0.134 e. The molecule has 0 aromatic carbocycles. The molecule has 0 bridgehead atoms. The lowest BCUT2D eigenvalue weighted by Gasteiger charge is -2.31. The molecule has 0 radical (unpaired) electrons. The zero-order valence-electron chi connectivity index (χ0n) is 9.40. The highest BCUT2D eigenvalue weighted by Crippen LogP contribution is 2.22. The topological polar surface area (TPSA) is 55.0 Å². The van der Waals surface area contributed by atoms with Crippen molar-refractivity contribution < 1.29 is 0 Å². The maximum absolute atomic E-state index is 5.72. The number of piperidine rings is 1. The Kier molecular flexibility index (Phi) is 2.75. The molecular weight excluding hydrogens is 188 g/mol. The monoisotopic (exact) mass is 206 g/mol. The van der Waals surface area contributed by atoms with E-state index < -0.39 is 0 Å². The summed E-state index contributed by atoms with van der Waals surface area (Å²) in [6.45, 7) is 6.34. The van der Waals surface area contributed by atoms with Gasteiger partial charge in [-0.2, -0.15) is 0 Å². The fourth-order valence-corrected chi connectivity index (χ4v) is 1.97. The van der Waals surface area contributed by atoms with E-state index >= 15 is 0 Å². The second-order valence-electron chi connectivity index (χ2n) is 4.37. The Balaban J connectivity index is 2.15. The van der Waals surface area contributed by atoms with Crippen LogP contribution in [0.4, 0.5) is 11.6 Å². The van der Waals surface area contributed by atoms with Gasteiger partial charge in [-0.3, -0.25) is 0 Å². The number of anilines is 2. The van der Waals surface area contributed by atoms with Gasteiger partial charge in [0.2, 0.25) is 0 Å². The van der Waals surface area contributed by atoms with E-state index in [1.807, 2.05) is 13.0 Å². The van der Waals surface area contributed by atoms with Crippen molar-refractivity contribution in [2.45, 2.75) is 26.7 Å². The molecule has 4 nitrogen and oxygen atoms in total. The summed E-state index contributed by atoms with van der Waals surface area (Å²) >= 11 is 0. The van der Waals surface area contributed by atoms with Crippen LogP contribution in [-0.2, 0) is 0 Å². The van der Waals surface area contributed by atoms with Crippen LogP contribution >= 0.6 is 0 Å². The van der Waals surface area contributed by atoms with Crippen molar-refractivity contribution >= 4 is 11.6 Å². The SMILES string of the molecule is Cc1nc(N)cc(N2CCC(C)CC2)n1. The number of hydrogen-bond acceptors (Lipinski definition) is 4. The number of nitrogens with two attached hydrogens (primary N) is 1. The normalized spacial score (nSPS) is 18.1. The maximum atomic E-state index is 5.72. The highest BCUT2D eigenvalue weighted by atomic mass is 15.2. The highest BCUT2D eigenvalue weighted by Gasteiger charge is 2.17. The summed E-state index contributed by atoms with van der Waals surface area (Å²) in [7, 11) is 0. The van der Waals surface area contributed by atoms with Gasteiger partial charge in [0, 0.05) is 19.2 Å². The van der Waals surface area contributed by atoms with Gasteiger partial charge in [0.25, 0.3) is 0 Å². The number of rotatable bonds is 1. The summed E-state index contributed by atoms with van der Waals surface area (Å²) in [5.41, 5.74) is 5.72. The summed E-state index contributed by atoms with van der Waals surface area (Å²) in [4.78, 5) is 10.8. The second kappa shape index (κ2) is 4.04. The molecule has 4 heteroatoms. The van der Waals surface area contributed by atoms with E-state index in [1.54, 1.807) is 0 Å². The molecule has 2 heterocycles. The van der Waals surface area contributed by atoms with Gasteiger partial charge in [0.05, 0.1) is 0 Å². The van der Waals surface area contributed by atoms with Gasteiger partial charge in [0.1, 0.15) is 17.5 Å². The standard InChI is InChI=1S/C11H18N4/c1-8-3-5-15(6-4-8)11-7-10(12)13-9(2)14-11/h7-8H,3-6H2,1-2H3,(H2,12,13,14). The molecule has 1 aromatic rings. The summed E-state index contributed by atoms with van der Waals surface area (Å²) < 4.78 is 0. The average molecular weight is 206 g/mol. The van der Waals surface area contributed by atoms with E-state index in [4.69, 9.17) is 5.73 Å². The quantitative estimate of drug-likeness (QED) is 0.758. The van der Waals surface area contributed by atoms with Crippen molar-refractivity contribution in [3.8, 4) is 0 Å². The third kappa shape index (κ3) is 2.37. The molecule has 0 aliphatic carbocycles. The van der Waals surface area contributed by atoms with Crippen LogP contribution in [0.2, 0.25) is 0 Å². The zero-order chi connectivity index (χ0) is 10.8. The number of hydrogen-bond donors (Lipinski definition) is 1. The second-order valence-corrected chi connectivity index (χ2v) is 4.37. The van der Waals surface area contributed by atoms with E-state index in [1.165, 1.54) is 12.8 Å². The minimum atomic E-state index is 0.566. The number of aromatic nitrogens is 2. The van der Waals surface area contributed by atoms with Crippen LogP contribution in [0.1, 0.15) is 25.6 Å². The zero-order valence-corrected chi connectivity index (χ0v) is 9.40. The number of nitrogens with zero attached hydrogens (tertiary/aromatic N) is 3. The van der Waals surface area contributed by atoms with Crippen LogP contribution in [0.25, 0.3) is 0 Å². The average Bonchev–Trinajstić information content (AvgIpc) is 2.17. The Morgan fingerprint density at radius 3 is 2.60 bits per heavy atom. The first-order valence-electron chi connectivity index (χ1n) is 5.51. The van der Waals surface area contributed by atoms with Crippen molar-refractivity contribution in [2.75, 3.05) is 23.7 Å². The Hall–Kier alpha value is -1.32. The molecule has 0 atom stereocenters. The Labute approximate surface area is 90.5 Å². The fourth-order valence-electron chi connectivity index (χ4n) is 1.97. The molecule has 1 fully saturated rings. The lowest BCUT2D eigenvalue weighted by molar-refractivity contribution is 0.436. The minimum absolute atomic E-state index is 0.566. The minimum Gasteiger partial charge on any atom is -0.384 e. The lowest BCUT2D eigenvalue weighted by Crippen LogP contribution is -2.33. The van der Waals surface area contributed by atoms with Crippen LogP contribution in [0.15, 0.2) is 6.07 Å². The van der Waals surface area contributed by atoms with E-state index in [9.17, 15) is 0 Å². The van der Waals surface area contributed by atoms with Crippen LogP contribution in [0.5, 0.6) is 0 Å². The predicted molar refractivity (Wildman–Crippen MR) is 61.8 cm³/mol. The van der Waals surface area contributed by atoms with Gasteiger partial charge in [-0.1, -0.05) is 6.92 Å². The van der Waals surface area contributed by atoms with Crippen LogP contribution in [0, 0.1) is 12.8 Å². The third-order valence-corrected chi connectivity index (χ3v) is 2.95. The third-order valence-electron chi connectivity index (χ3n) is 2.95. The van der Waals surface area contributed by atoms with Gasteiger partial charge in [0.15, 0.2) is 0 Å².